The highest BCUT2D eigenvalue weighted by molar-refractivity contribution is 5.71. The van der Waals surface area contributed by atoms with Gasteiger partial charge in [0.15, 0.2) is 11.5 Å². The number of hydrogen-bond donors (Lipinski definition) is 2. The number of rotatable bonds is 3. The number of carboxylic acids is 1. The predicted molar refractivity (Wildman–Crippen MR) is 62.3 cm³/mol. The minimum Gasteiger partial charge on any atom is -0.508 e. The van der Waals surface area contributed by atoms with E-state index in [1.54, 1.807) is 6.07 Å². The molecule has 5 nitrogen and oxygen atoms in total. The van der Waals surface area contributed by atoms with Gasteiger partial charge in [-0.3, -0.25) is 4.79 Å². The van der Waals surface area contributed by atoms with Crippen LogP contribution in [0.15, 0.2) is 12.1 Å². The molecule has 2 N–H and O–H groups in total. The molecular formula is C13H14O5. The van der Waals surface area contributed by atoms with Gasteiger partial charge in [-0.15, -0.1) is 0 Å². The molecule has 1 aromatic carbocycles. The number of ether oxygens (including phenoxy) is 2. The first kappa shape index (κ1) is 11.2. The molecule has 0 bridgehead atoms. The molecule has 5 heteroatoms. The van der Waals surface area contributed by atoms with Gasteiger partial charge in [-0.05, 0) is 18.9 Å². The van der Waals surface area contributed by atoms with Crippen LogP contribution in [-0.2, 0) is 10.2 Å². The summed E-state index contributed by atoms with van der Waals surface area (Å²) in [6.07, 6.45) is 1.61. The molecule has 1 aliphatic heterocycles. The third-order valence-electron chi connectivity index (χ3n) is 3.58. The SMILES string of the molecule is O=C(O)CC1(c2cc3c(cc2O)OCCO3)CC1. The summed E-state index contributed by atoms with van der Waals surface area (Å²) in [5, 5.41) is 19.0. The maximum Gasteiger partial charge on any atom is 0.304 e. The van der Waals surface area contributed by atoms with Crippen molar-refractivity contribution >= 4 is 5.97 Å². The molecule has 0 radical (unpaired) electrons. The Bertz CT molecular complexity index is 504. The van der Waals surface area contributed by atoms with Gasteiger partial charge in [-0.2, -0.15) is 0 Å². The van der Waals surface area contributed by atoms with E-state index >= 15 is 0 Å². The van der Waals surface area contributed by atoms with Crippen LogP contribution in [0, 0.1) is 0 Å². The predicted octanol–water partition coefficient (Wildman–Crippen LogP) is 1.67. The molecule has 0 aromatic heterocycles. The molecule has 0 spiro atoms. The van der Waals surface area contributed by atoms with Crippen LogP contribution >= 0.6 is 0 Å². The quantitative estimate of drug-likeness (QED) is 0.853. The van der Waals surface area contributed by atoms with Crippen LogP contribution in [0.25, 0.3) is 0 Å². The molecule has 3 rings (SSSR count). The van der Waals surface area contributed by atoms with E-state index in [4.69, 9.17) is 14.6 Å². The lowest BCUT2D eigenvalue weighted by atomic mass is 9.91. The zero-order valence-corrected chi connectivity index (χ0v) is 9.81. The van der Waals surface area contributed by atoms with Crippen molar-refractivity contribution in [3.8, 4) is 17.2 Å². The van der Waals surface area contributed by atoms with Crippen molar-refractivity contribution in [2.45, 2.75) is 24.7 Å². The highest BCUT2D eigenvalue weighted by Crippen LogP contribution is 2.55. The molecule has 0 unspecified atom stereocenters. The largest absolute Gasteiger partial charge is 0.508 e. The maximum atomic E-state index is 10.9. The van der Waals surface area contributed by atoms with Crippen molar-refractivity contribution in [3.63, 3.8) is 0 Å². The van der Waals surface area contributed by atoms with Gasteiger partial charge in [0.2, 0.25) is 0 Å². The molecule has 1 heterocycles. The zero-order chi connectivity index (χ0) is 12.8. The number of fused-ring (bicyclic) bond motifs is 1. The van der Waals surface area contributed by atoms with E-state index in [1.807, 2.05) is 0 Å². The lowest BCUT2D eigenvalue weighted by Crippen LogP contribution is -2.17. The summed E-state index contributed by atoms with van der Waals surface area (Å²) in [6.45, 7) is 0.940. The van der Waals surface area contributed by atoms with Crippen LogP contribution in [0.2, 0.25) is 0 Å². The Hall–Kier alpha value is -1.91. The number of aromatic hydroxyl groups is 1. The topological polar surface area (TPSA) is 76.0 Å². The monoisotopic (exact) mass is 250 g/mol. The fourth-order valence-electron chi connectivity index (χ4n) is 2.48. The average Bonchev–Trinajstić information content (AvgIpc) is 3.08. The van der Waals surface area contributed by atoms with Crippen LogP contribution in [-0.4, -0.2) is 29.4 Å². The molecule has 1 saturated carbocycles. The van der Waals surface area contributed by atoms with E-state index in [9.17, 15) is 9.90 Å². The lowest BCUT2D eigenvalue weighted by molar-refractivity contribution is -0.137. The van der Waals surface area contributed by atoms with Gasteiger partial charge in [0.1, 0.15) is 19.0 Å². The highest BCUT2D eigenvalue weighted by Gasteiger charge is 2.48. The van der Waals surface area contributed by atoms with Gasteiger partial charge in [0.25, 0.3) is 0 Å². The van der Waals surface area contributed by atoms with Gasteiger partial charge >= 0.3 is 5.97 Å². The first-order chi connectivity index (χ1) is 8.61. The van der Waals surface area contributed by atoms with Crippen LogP contribution in [0.1, 0.15) is 24.8 Å². The Morgan fingerprint density at radius 3 is 2.39 bits per heavy atom. The number of carboxylic acid groups (broad SMARTS) is 1. The first-order valence-corrected chi connectivity index (χ1v) is 5.96. The summed E-state index contributed by atoms with van der Waals surface area (Å²) in [4.78, 5) is 10.9. The van der Waals surface area contributed by atoms with Crippen molar-refractivity contribution < 1.29 is 24.5 Å². The number of benzene rings is 1. The van der Waals surface area contributed by atoms with Crippen LogP contribution in [0.3, 0.4) is 0 Å². The second-order valence-corrected chi connectivity index (χ2v) is 4.86. The van der Waals surface area contributed by atoms with E-state index in [2.05, 4.69) is 0 Å². The molecule has 0 amide bonds. The smallest absolute Gasteiger partial charge is 0.304 e. The molecule has 1 fully saturated rings. The van der Waals surface area contributed by atoms with Crippen molar-refractivity contribution in [1.29, 1.82) is 0 Å². The van der Waals surface area contributed by atoms with Crippen molar-refractivity contribution in [1.82, 2.24) is 0 Å². The second-order valence-electron chi connectivity index (χ2n) is 4.86. The molecule has 2 aliphatic rings. The number of carbonyl (C=O) groups is 1. The van der Waals surface area contributed by atoms with E-state index in [0.717, 1.165) is 12.8 Å². The number of hydrogen-bond acceptors (Lipinski definition) is 4. The van der Waals surface area contributed by atoms with Crippen molar-refractivity contribution in [2.24, 2.45) is 0 Å². The molecule has 1 aromatic rings. The lowest BCUT2D eigenvalue weighted by Gasteiger charge is -2.22. The Labute approximate surface area is 104 Å². The third-order valence-corrected chi connectivity index (χ3v) is 3.58. The van der Waals surface area contributed by atoms with Crippen LogP contribution in [0.5, 0.6) is 17.2 Å². The molecule has 0 atom stereocenters. The normalized spacial score (nSPS) is 19.3. The fraction of sp³-hybridized carbons (Fsp3) is 0.462. The standard InChI is InChI=1S/C13H14O5/c14-9-6-11-10(17-3-4-18-11)5-8(9)13(1-2-13)7-12(15)16/h5-6,14H,1-4,7H2,(H,15,16). The summed E-state index contributed by atoms with van der Waals surface area (Å²) in [7, 11) is 0. The minimum atomic E-state index is -0.846. The maximum absolute atomic E-state index is 10.9. The van der Waals surface area contributed by atoms with Crippen molar-refractivity contribution in [3.05, 3.63) is 17.7 Å². The average molecular weight is 250 g/mol. The number of aliphatic carboxylic acids is 1. The van der Waals surface area contributed by atoms with Gasteiger partial charge < -0.3 is 19.7 Å². The summed E-state index contributed by atoms with van der Waals surface area (Å²) < 4.78 is 10.8. The molecule has 0 saturated heterocycles. The van der Waals surface area contributed by atoms with E-state index in [0.29, 0.717) is 30.3 Å². The molecule has 96 valence electrons. The summed E-state index contributed by atoms with van der Waals surface area (Å²) in [6, 6.07) is 3.24. The van der Waals surface area contributed by atoms with Crippen LogP contribution in [0.4, 0.5) is 0 Å². The number of phenolic OH excluding ortho intramolecular Hbond substituents is 1. The summed E-state index contributed by atoms with van der Waals surface area (Å²) >= 11 is 0. The summed E-state index contributed by atoms with van der Waals surface area (Å²) in [5.74, 6) is 0.360. The van der Waals surface area contributed by atoms with Gasteiger partial charge in [0.05, 0.1) is 6.42 Å². The Morgan fingerprint density at radius 1 is 1.22 bits per heavy atom. The zero-order valence-electron chi connectivity index (χ0n) is 9.81. The minimum absolute atomic E-state index is 0.0419. The molecule has 1 aliphatic carbocycles. The Morgan fingerprint density at radius 2 is 1.83 bits per heavy atom. The summed E-state index contributed by atoms with van der Waals surface area (Å²) in [5.41, 5.74) is 0.236. The number of phenols is 1. The van der Waals surface area contributed by atoms with E-state index < -0.39 is 11.4 Å². The van der Waals surface area contributed by atoms with Gasteiger partial charge in [0, 0.05) is 17.0 Å². The molecule has 18 heavy (non-hydrogen) atoms. The Balaban J connectivity index is 1.99. The van der Waals surface area contributed by atoms with Gasteiger partial charge in [-0.1, -0.05) is 0 Å². The second kappa shape index (κ2) is 3.80. The van der Waals surface area contributed by atoms with E-state index in [1.165, 1.54) is 6.07 Å². The third kappa shape index (κ3) is 1.75. The first-order valence-electron chi connectivity index (χ1n) is 5.96. The van der Waals surface area contributed by atoms with Crippen LogP contribution < -0.4 is 9.47 Å². The van der Waals surface area contributed by atoms with E-state index in [-0.39, 0.29) is 12.2 Å². The molecular weight excluding hydrogens is 236 g/mol. The highest BCUT2D eigenvalue weighted by atomic mass is 16.6. The fourth-order valence-corrected chi connectivity index (χ4v) is 2.48. The van der Waals surface area contributed by atoms with Gasteiger partial charge in [-0.25, -0.2) is 0 Å². The Kier molecular flexibility index (Phi) is 2.36. The van der Waals surface area contributed by atoms with Crippen molar-refractivity contribution in [2.75, 3.05) is 13.2 Å².